The second-order valence-electron chi connectivity index (χ2n) is 8.57. The smallest absolute Gasteiger partial charge is 0.277 e. The van der Waals surface area contributed by atoms with Gasteiger partial charge in [0, 0.05) is 24.7 Å². The Balaban J connectivity index is 1.50. The van der Waals surface area contributed by atoms with Gasteiger partial charge in [-0.1, -0.05) is 17.4 Å². The number of piperidine rings is 1. The van der Waals surface area contributed by atoms with E-state index in [1.54, 1.807) is 0 Å². The van der Waals surface area contributed by atoms with Crippen molar-refractivity contribution in [3.63, 3.8) is 0 Å². The molecule has 178 valence electrons. The van der Waals surface area contributed by atoms with Crippen molar-refractivity contribution in [2.75, 3.05) is 29.0 Å². The summed E-state index contributed by atoms with van der Waals surface area (Å²) in [5.41, 5.74) is 14.5. The molecule has 2 atom stereocenters. The number of fused-ring (bicyclic) bond motifs is 1. The first-order valence-corrected chi connectivity index (χ1v) is 11.9. The molecule has 5 rings (SSSR count). The number of nitrogen functional groups attached to an aromatic ring is 1. The van der Waals surface area contributed by atoms with Crippen molar-refractivity contribution < 1.29 is 18.7 Å². The Hall–Kier alpha value is -3.15. The minimum absolute atomic E-state index is 0.000137. The number of halogens is 2. The predicted molar refractivity (Wildman–Crippen MR) is 127 cm³/mol. The minimum Gasteiger partial charge on any atom is -0.389 e. The number of nitrogens with zero attached hydrogens (tertiary/aromatic N) is 3. The molecular weight excluding hydrogens is 462 g/mol. The van der Waals surface area contributed by atoms with Crippen LogP contribution in [0, 0.1) is 11.6 Å². The van der Waals surface area contributed by atoms with Crippen LogP contribution >= 0.6 is 11.3 Å². The molecule has 1 aliphatic carbocycles. The predicted octanol–water partition coefficient (Wildman–Crippen LogP) is 3.22. The number of aliphatic hydroxyl groups is 1. The number of pyridine rings is 1. The standard InChI is InChI=1S/C23H24F2N6O2S/c24-13-4-1-5-14(25)17(13)23-30-19(21(27)34-23)22(33)29-15-9-28-18-12(6-7-16(18)32)20(15)31-8-2-3-11(26)10-31/h1,4-5,9,11,16,32H,2-3,6-8,10,26-27H2,(H,29,33)/t11-,16?/m0/s1. The lowest BCUT2D eigenvalue weighted by Gasteiger charge is -2.35. The summed E-state index contributed by atoms with van der Waals surface area (Å²) >= 11 is 0.838. The molecule has 6 N–H and O–H groups in total. The summed E-state index contributed by atoms with van der Waals surface area (Å²) < 4.78 is 28.4. The highest BCUT2D eigenvalue weighted by atomic mass is 32.1. The van der Waals surface area contributed by atoms with Crippen LogP contribution in [0.4, 0.5) is 25.2 Å². The number of rotatable bonds is 4. The van der Waals surface area contributed by atoms with Crippen molar-refractivity contribution in [3.8, 4) is 10.6 Å². The molecule has 1 fully saturated rings. The maximum atomic E-state index is 14.2. The second-order valence-corrected chi connectivity index (χ2v) is 9.60. The highest BCUT2D eigenvalue weighted by molar-refractivity contribution is 7.19. The van der Waals surface area contributed by atoms with E-state index in [9.17, 15) is 18.7 Å². The molecule has 0 radical (unpaired) electrons. The summed E-state index contributed by atoms with van der Waals surface area (Å²) in [6.07, 6.45) is 3.88. The number of hydrogen-bond donors (Lipinski definition) is 4. The van der Waals surface area contributed by atoms with Gasteiger partial charge in [-0.2, -0.15) is 0 Å². The number of amides is 1. The van der Waals surface area contributed by atoms with Crippen LogP contribution in [-0.2, 0) is 6.42 Å². The fourth-order valence-electron chi connectivity index (χ4n) is 4.66. The maximum Gasteiger partial charge on any atom is 0.277 e. The summed E-state index contributed by atoms with van der Waals surface area (Å²) in [5, 5.41) is 13.2. The SMILES string of the molecule is Nc1sc(-c2c(F)cccc2F)nc1C(=O)Nc1cnc2c(c1N1CCC[C@H](N)C1)CCC2O. The molecule has 1 unspecified atom stereocenters. The van der Waals surface area contributed by atoms with E-state index in [1.165, 1.54) is 12.3 Å². The Morgan fingerprint density at radius 3 is 2.76 bits per heavy atom. The second kappa shape index (κ2) is 8.90. The lowest BCUT2D eigenvalue weighted by atomic mass is 10.0. The number of benzene rings is 1. The van der Waals surface area contributed by atoms with Gasteiger partial charge >= 0.3 is 0 Å². The number of nitrogens with two attached hydrogens (primary N) is 2. The molecule has 34 heavy (non-hydrogen) atoms. The van der Waals surface area contributed by atoms with Crippen molar-refractivity contribution in [2.24, 2.45) is 5.73 Å². The Morgan fingerprint density at radius 2 is 2.03 bits per heavy atom. The Morgan fingerprint density at radius 1 is 1.26 bits per heavy atom. The molecule has 11 heteroatoms. The zero-order valence-electron chi connectivity index (χ0n) is 18.2. The minimum atomic E-state index is -0.786. The van der Waals surface area contributed by atoms with E-state index in [1.807, 2.05) is 0 Å². The summed E-state index contributed by atoms with van der Waals surface area (Å²) in [5.74, 6) is -2.18. The Kier molecular flexibility index (Phi) is 5.92. The first-order chi connectivity index (χ1) is 16.3. The maximum absolute atomic E-state index is 14.2. The van der Waals surface area contributed by atoms with E-state index in [0.717, 1.165) is 54.1 Å². The van der Waals surface area contributed by atoms with Crippen LogP contribution in [0.2, 0.25) is 0 Å². The number of carbonyl (C=O) groups is 1. The fraction of sp³-hybridized carbons (Fsp3) is 0.348. The van der Waals surface area contributed by atoms with E-state index in [4.69, 9.17) is 11.5 Å². The molecule has 0 bridgehead atoms. The number of aliphatic hydroxyl groups excluding tert-OH is 1. The van der Waals surface area contributed by atoms with Gasteiger partial charge in [-0.25, -0.2) is 13.8 Å². The highest BCUT2D eigenvalue weighted by Crippen LogP contribution is 2.41. The number of carbonyl (C=O) groups excluding carboxylic acids is 1. The summed E-state index contributed by atoms with van der Waals surface area (Å²) in [6.45, 7) is 1.38. The van der Waals surface area contributed by atoms with Gasteiger partial charge in [0.25, 0.3) is 5.91 Å². The van der Waals surface area contributed by atoms with E-state index >= 15 is 0 Å². The van der Waals surface area contributed by atoms with E-state index in [-0.39, 0.29) is 27.3 Å². The van der Waals surface area contributed by atoms with Crippen LogP contribution in [0.15, 0.2) is 24.4 Å². The van der Waals surface area contributed by atoms with Crippen molar-refractivity contribution in [1.29, 1.82) is 0 Å². The summed E-state index contributed by atoms with van der Waals surface area (Å²) in [7, 11) is 0. The van der Waals surface area contributed by atoms with Gasteiger partial charge in [-0.15, -0.1) is 0 Å². The average Bonchev–Trinajstić information content (AvgIpc) is 3.36. The van der Waals surface area contributed by atoms with Gasteiger partial charge in [0.15, 0.2) is 5.69 Å². The third-order valence-corrected chi connectivity index (χ3v) is 7.14. The van der Waals surface area contributed by atoms with Crippen LogP contribution in [0.25, 0.3) is 10.6 Å². The molecule has 0 spiro atoms. The molecule has 2 aromatic heterocycles. The number of hydrogen-bond acceptors (Lipinski definition) is 8. The first-order valence-electron chi connectivity index (χ1n) is 11.1. The lowest BCUT2D eigenvalue weighted by Crippen LogP contribution is -2.43. The summed E-state index contributed by atoms with van der Waals surface area (Å²) in [4.78, 5) is 23.8. The number of nitrogens with one attached hydrogen (secondary N) is 1. The molecule has 1 amide bonds. The van der Waals surface area contributed by atoms with Crippen molar-refractivity contribution in [2.45, 2.75) is 37.8 Å². The third kappa shape index (κ3) is 3.99. The van der Waals surface area contributed by atoms with Crippen molar-refractivity contribution in [3.05, 3.63) is 53.0 Å². The largest absolute Gasteiger partial charge is 0.389 e. The molecule has 1 saturated heterocycles. The molecule has 0 saturated carbocycles. The molecular formula is C23H24F2N6O2S. The molecule has 3 heterocycles. The third-order valence-electron chi connectivity index (χ3n) is 6.23. The van der Waals surface area contributed by atoms with Crippen LogP contribution in [0.3, 0.4) is 0 Å². The zero-order valence-corrected chi connectivity index (χ0v) is 19.0. The molecule has 1 aromatic carbocycles. The average molecular weight is 487 g/mol. The van der Waals surface area contributed by atoms with Crippen molar-refractivity contribution >= 4 is 33.6 Å². The number of aromatic nitrogens is 2. The van der Waals surface area contributed by atoms with Crippen LogP contribution in [0.5, 0.6) is 0 Å². The molecule has 2 aliphatic rings. The molecule has 8 nitrogen and oxygen atoms in total. The van der Waals surface area contributed by atoms with Gasteiger partial charge in [0.2, 0.25) is 0 Å². The summed E-state index contributed by atoms with van der Waals surface area (Å²) in [6, 6.07) is 3.50. The van der Waals surface area contributed by atoms with E-state index in [2.05, 4.69) is 20.2 Å². The van der Waals surface area contributed by atoms with Gasteiger partial charge < -0.3 is 26.8 Å². The molecule has 1 aliphatic heterocycles. The Labute approximate surface area is 198 Å². The normalized spacial score (nSPS) is 19.8. The van der Waals surface area contributed by atoms with Gasteiger partial charge in [0.1, 0.15) is 21.6 Å². The highest BCUT2D eigenvalue weighted by Gasteiger charge is 2.31. The van der Waals surface area contributed by atoms with Crippen LogP contribution in [0.1, 0.15) is 47.1 Å². The monoisotopic (exact) mass is 486 g/mol. The Bertz CT molecular complexity index is 1250. The topological polar surface area (TPSA) is 130 Å². The van der Waals surface area contributed by atoms with Gasteiger partial charge in [-0.05, 0) is 37.8 Å². The van der Waals surface area contributed by atoms with Crippen LogP contribution < -0.4 is 21.7 Å². The van der Waals surface area contributed by atoms with E-state index in [0.29, 0.717) is 30.8 Å². The van der Waals surface area contributed by atoms with E-state index < -0.39 is 23.6 Å². The zero-order chi connectivity index (χ0) is 24.0. The number of anilines is 3. The lowest BCUT2D eigenvalue weighted by molar-refractivity contribution is 0.102. The quantitative estimate of drug-likeness (QED) is 0.445. The van der Waals surface area contributed by atoms with Gasteiger partial charge in [-0.3, -0.25) is 9.78 Å². The van der Waals surface area contributed by atoms with Gasteiger partial charge in [0.05, 0.1) is 34.9 Å². The molecule has 3 aromatic rings. The fourth-order valence-corrected chi connectivity index (χ4v) is 5.54. The number of thiazole rings is 1. The van der Waals surface area contributed by atoms with Crippen molar-refractivity contribution in [1.82, 2.24) is 9.97 Å². The first kappa shape index (κ1) is 22.6. The van der Waals surface area contributed by atoms with Crippen LogP contribution in [-0.4, -0.2) is 40.1 Å².